The van der Waals surface area contributed by atoms with Crippen LogP contribution in [0.3, 0.4) is 0 Å². The van der Waals surface area contributed by atoms with Gasteiger partial charge in [-0.1, -0.05) is 64.0 Å². The molecule has 6 heteroatoms. The number of hydrogen-bond acceptors (Lipinski definition) is 3. The van der Waals surface area contributed by atoms with Crippen molar-refractivity contribution in [2.24, 2.45) is 0 Å². The van der Waals surface area contributed by atoms with E-state index in [1.165, 1.54) is 37.8 Å². The monoisotopic (exact) mass is 432 g/mol. The van der Waals surface area contributed by atoms with Crippen molar-refractivity contribution in [2.45, 2.75) is 117 Å². The maximum atomic E-state index is 12.9. The smallest absolute Gasteiger partial charge is 0.327 e. The summed E-state index contributed by atoms with van der Waals surface area (Å²) in [5.74, 6) is 0. The van der Waals surface area contributed by atoms with Crippen molar-refractivity contribution >= 4 is 0 Å². The lowest BCUT2D eigenvalue weighted by Crippen LogP contribution is -2.29. The van der Waals surface area contributed by atoms with Crippen molar-refractivity contribution in [2.75, 3.05) is 0 Å². The van der Waals surface area contributed by atoms with Crippen molar-refractivity contribution in [3.63, 3.8) is 0 Å². The summed E-state index contributed by atoms with van der Waals surface area (Å²) in [6, 6.07) is 5.21. The molecule has 0 aliphatic heterocycles. The van der Waals surface area contributed by atoms with Crippen molar-refractivity contribution in [1.82, 2.24) is 0 Å². The highest BCUT2D eigenvalue weighted by Gasteiger charge is 2.30. The minimum absolute atomic E-state index is 0.0967. The molecule has 174 valence electrons. The van der Waals surface area contributed by atoms with Gasteiger partial charge in [-0.25, -0.2) is 0 Å². The van der Waals surface area contributed by atoms with Gasteiger partial charge in [0.25, 0.3) is 6.48 Å². The number of benzene rings is 1. The van der Waals surface area contributed by atoms with Gasteiger partial charge in [0.2, 0.25) is 0 Å². The fourth-order valence-corrected chi connectivity index (χ4v) is 3.16. The normalized spacial score (nSPS) is 13.6. The third-order valence-corrected chi connectivity index (χ3v) is 4.72. The first-order valence-corrected chi connectivity index (χ1v) is 11.3. The lowest BCUT2D eigenvalue weighted by molar-refractivity contribution is -0.328. The molecule has 0 aromatic heterocycles. The predicted molar refractivity (Wildman–Crippen MR) is 114 cm³/mol. The molecule has 0 saturated heterocycles. The van der Waals surface area contributed by atoms with Crippen LogP contribution in [-0.2, 0) is 20.4 Å². The Bertz CT molecular complexity index is 546. The van der Waals surface area contributed by atoms with Crippen molar-refractivity contribution in [3.05, 3.63) is 35.4 Å². The van der Waals surface area contributed by atoms with Crippen LogP contribution in [0.25, 0.3) is 0 Å². The number of ether oxygens (including phenoxy) is 3. The molecule has 0 radical (unpaired) electrons. The number of rotatable bonds is 15. The third kappa shape index (κ3) is 11.3. The summed E-state index contributed by atoms with van der Waals surface area (Å²) in [5.41, 5.74) is 0.0491. The molecule has 1 rings (SSSR count). The molecule has 1 aromatic carbocycles. The molecule has 3 nitrogen and oxygen atoms in total. The lowest BCUT2D eigenvalue weighted by Gasteiger charge is -2.28. The first-order chi connectivity index (χ1) is 14.1. The molecule has 0 amide bonds. The Labute approximate surface area is 180 Å². The number of halogens is 3. The number of hydrogen-bond donors (Lipinski definition) is 0. The van der Waals surface area contributed by atoms with Crippen LogP contribution < -0.4 is 0 Å². The molecule has 0 aliphatic rings. The minimum atomic E-state index is -4.35. The van der Waals surface area contributed by atoms with E-state index in [0.29, 0.717) is 12.0 Å². The molecule has 0 spiro atoms. The van der Waals surface area contributed by atoms with Gasteiger partial charge in [-0.3, -0.25) is 0 Å². The van der Waals surface area contributed by atoms with Gasteiger partial charge in [-0.05, 0) is 51.8 Å². The van der Waals surface area contributed by atoms with Crippen LogP contribution in [-0.4, -0.2) is 18.7 Å². The average molecular weight is 433 g/mol. The van der Waals surface area contributed by atoms with E-state index in [1.54, 1.807) is 0 Å². The van der Waals surface area contributed by atoms with Crippen LogP contribution in [0.2, 0.25) is 0 Å². The standard InChI is InChI=1S/C24H39F3O3/c1-6-7-8-9-10-11-12-13-22(30-23(28-18(2)3)29-19(4)5)20-14-16-21(17-15-20)24(25,26)27/h14-19,22-23H,6-13H2,1-5H3. The number of unbranched alkanes of at least 4 members (excludes halogenated alkanes) is 6. The highest BCUT2D eigenvalue weighted by atomic mass is 19.4. The fraction of sp³-hybridized carbons (Fsp3) is 0.750. The summed E-state index contributed by atoms with van der Waals surface area (Å²) < 4.78 is 56.3. The molecule has 0 bridgehead atoms. The third-order valence-electron chi connectivity index (χ3n) is 4.72. The second kappa shape index (κ2) is 14.0. The van der Waals surface area contributed by atoms with E-state index in [2.05, 4.69) is 6.92 Å². The van der Waals surface area contributed by atoms with Crippen LogP contribution in [0.15, 0.2) is 24.3 Å². The second-order valence-electron chi connectivity index (χ2n) is 8.31. The summed E-state index contributed by atoms with van der Waals surface area (Å²) in [6.45, 7) is 8.91. The van der Waals surface area contributed by atoms with Crippen LogP contribution in [0, 0.1) is 0 Å². The fourth-order valence-electron chi connectivity index (χ4n) is 3.16. The van der Waals surface area contributed by atoms with E-state index < -0.39 is 18.2 Å². The number of alkyl halides is 3. The molecular weight excluding hydrogens is 393 g/mol. The van der Waals surface area contributed by atoms with Crippen LogP contribution in [0.5, 0.6) is 0 Å². The molecule has 1 aromatic rings. The van der Waals surface area contributed by atoms with Gasteiger partial charge in [-0.2, -0.15) is 13.2 Å². The zero-order valence-electron chi connectivity index (χ0n) is 19.1. The summed E-state index contributed by atoms with van der Waals surface area (Å²) in [5, 5.41) is 0. The molecule has 30 heavy (non-hydrogen) atoms. The molecule has 0 aliphatic carbocycles. The maximum absolute atomic E-state index is 12.9. The van der Waals surface area contributed by atoms with Gasteiger partial charge in [-0.15, -0.1) is 0 Å². The summed E-state index contributed by atoms with van der Waals surface area (Å²) in [4.78, 5) is 0. The largest absolute Gasteiger partial charge is 0.416 e. The molecule has 1 atom stereocenters. The van der Waals surface area contributed by atoms with Crippen molar-refractivity contribution < 1.29 is 27.4 Å². The van der Waals surface area contributed by atoms with Crippen molar-refractivity contribution in [1.29, 1.82) is 0 Å². The zero-order valence-corrected chi connectivity index (χ0v) is 19.1. The molecule has 0 heterocycles. The molecule has 0 saturated carbocycles. The van der Waals surface area contributed by atoms with Crippen LogP contribution in [0.4, 0.5) is 13.2 Å². The second-order valence-corrected chi connectivity index (χ2v) is 8.31. The van der Waals surface area contributed by atoms with Crippen molar-refractivity contribution in [3.8, 4) is 0 Å². The summed E-state index contributed by atoms with van der Waals surface area (Å²) in [7, 11) is 0. The van der Waals surface area contributed by atoms with Gasteiger partial charge in [0.15, 0.2) is 0 Å². The zero-order chi connectivity index (χ0) is 22.6. The average Bonchev–Trinajstić information content (AvgIpc) is 2.64. The molecule has 0 N–H and O–H groups in total. The maximum Gasteiger partial charge on any atom is 0.416 e. The Hall–Kier alpha value is -1.11. The molecular formula is C24H39F3O3. The van der Waals surface area contributed by atoms with E-state index >= 15 is 0 Å². The Morgan fingerprint density at radius 1 is 0.733 bits per heavy atom. The van der Waals surface area contributed by atoms with Gasteiger partial charge in [0.1, 0.15) is 0 Å². The SMILES string of the molecule is CCCCCCCCCC(OC(OC(C)C)OC(C)C)c1ccc(C(F)(F)F)cc1. The highest BCUT2D eigenvalue weighted by molar-refractivity contribution is 5.26. The lowest BCUT2D eigenvalue weighted by atomic mass is 10.0. The van der Waals surface area contributed by atoms with Crippen LogP contribution >= 0.6 is 0 Å². The summed E-state index contributed by atoms with van der Waals surface area (Å²) in [6.07, 6.45) is 3.90. The van der Waals surface area contributed by atoms with Gasteiger partial charge < -0.3 is 14.2 Å². The van der Waals surface area contributed by atoms with E-state index in [9.17, 15) is 13.2 Å². The minimum Gasteiger partial charge on any atom is -0.327 e. The van der Waals surface area contributed by atoms with Gasteiger partial charge in [0.05, 0.1) is 23.9 Å². The van der Waals surface area contributed by atoms with Gasteiger partial charge in [0, 0.05) is 0 Å². The Balaban J connectivity index is 2.81. The van der Waals surface area contributed by atoms with E-state index in [-0.39, 0.29) is 18.3 Å². The predicted octanol–water partition coefficient (Wildman–Crippen LogP) is 8.04. The molecule has 1 unspecified atom stereocenters. The Morgan fingerprint density at radius 2 is 1.23 bits per heavy atom. The highest BCUT2D eigenvalue weighted by Crippen LogP contribution is 2.32. The van der Waals surface area contributed by atoms with E-state index in [4.69, 9.17) is 14.2 Å². The Morgan fingerprint density at radius 3 is 1.70 bits per heavy atom. The summed E-state index contributed by atoms with van der Waals surface area (Å²) >= 11 is 0. The quantitative estimate of drug-likeness (QED) is 0.207. The van der Waals surface area contributed by atoms with E-state index in [1.807, 2.05) is 27.7 Å². The topological polar surface area (TPSA) is 27.7 Å². The Kier molecular flexibility index (Phi) is 12.6. The first-order valence-electron chi connectivity index (χ1n) is 11.3. The molecule has 0 fully saturated rings. The van der Waals surface area contributed by atoms with Gasteiger partial charge >= 0.3 is 6.18 Å². The first kappa shape index (κ1) is 26.9. The van der Waals surface area contributed by atoms with E-state index in [0.717, 1.165) is 31.4 Å². The van der Waals surface area contributed by atoms with Crippen LogP contribution in [0.1, 0.15) is 103 Å².